The van der Waals surface area contributed by atoms with Gasteiger partial charge in [-0.1, -0.05) is 0 Å². The van der Waals surface area contributed by atoms with Gasteiger partial charge >= 0.3 is 17.4 Å². The van der Waals surface area contributed by atoms with Gasteiger partial charge in [0.2, 0.25) is 0 Å². The smallest absolute Gasteiger partial charge is 1.00 e. The molecule has 0 spiro atoms. The van der Waals surface area contributed by atoms with Crippen LogP contribution in [0.3, 0.4) is 0 Å². The van der Waals surface area contributed by atoms with Gasteiger partial charge in [0, 0.05) is 17.1 Å². The molecule has 0 aromatic carbocycles. The molecule has 5 heavy (non-hydrogen) atoms. The second-order valence-electron chi connectivity index (χ2n) is 0. The molecule has 0 unspecified atom stereocenters. The Morgan fingerprint density at radius 2 is 0.600 bits per heavy atom. The number of halogens is 3. The normalized spacial score (nSPS) is 0. The molecule has 0 heterocycles. The Hall–Kier alpha value is 1.92. The fourth-order valence-corrected chi connectivity index (χ4v) is 0. The minimum atomic E-state index is 0. The summed E-state index contributed by atoms with van der Waals surface area (Å²) in [5.41, 5.74) is 0. The van der Waals surface area contributed by atoms with E-state index < -0.39 is 0 Å². The maximum atomic E-state index is 0. The molecule has 0 bridgehead atoms. The van der Waals surface area contributed by atoms with Gasteiger partial charge in [0.1, 0.15) is 0 Å². The molecule has 0 aromatic heterocycles. The second kappa shape index (κ2) is 38.8. The molecule has 0 fully saturated rings. The van der Waals surface area contributed by atoms with Gasteiger partial charge < -0.3 is 37.2 Å². The largest absolute Gasteiger partial charge is 3.00 e. The average Bonchev–Trinajstić information content (AvgIpc) is 0. The Morgan fingerprint density at radius 1 is 0.600 bits per heavy atom. The molecule has 0 atom stereocenters. The maximum Gasteiger partial charge on any atom is 3.00 e. The van der Waals surface area contributed by atoms with Crippen molar-refractivity contribution in [2.75, 3.05) is 0 Å². The third-order valence-corrected chi connectivity index (χ3v) is 0. The third kappa shape index (κ3) is 24.7. The summed E-state index contributed by atoms with van der Waals surface area (Å²) in [4.78, 5) is 0. The summed E-state index contributed by atoms with van der Waals surface area (Å²) in [6.45, 7) is 0. The van der Waals surface area contributed by atoms with E-state index in [-0.39, 0.29) is 71.7 Å². The topological polar surface area (TPSA) is 0 Å². The van der Waals surface area contributed by atoms with Crippen molar-refractivity contribution in [1.29, 1.82) is 0 Å². The molecule has 33 valence electrons. The summed E-state index contributed by atoms with van der Waals surface area (Å²) in [7, 11) is 0. The molecule has 0 amide bonds. The van der Waals surface area contributed by atoms with Crippen LogP contribution in [0, 0.1) is 0 Å². The van der Waals surface area contributed by atoms with Gasteiger partial charge in [0.15, 0.2) is 0 Å². The van der Waals surface area contributed by atoms with Crippen LogP contribution in [0.25, 0.3) is 0 Å². The van der Waals surface area contributed by atoms with Crippen LogP contribution >= 0.6 is 0 Å². The molecule has 5 heteroatoms. The van der Waals surface area contributed by atoms with Crippen LogP contribution in [0.15, 0.2) is 0 Å². The van der Waals surface area contributed by atoms with Crippen LogP contribution < -0.4 is 37.2 Å². The Morgan fingerprint density at radius 3 is 0.600 bits per heavy atom. The molecule has 0 N–H and O–H groups in total. The molecule has 0 aromatic rings. The van der Waals surface area contributed by atoms with Crippen molar-refractivity contribution >= 4 is 17.1 Å². The van der Waals surface area contributed by atoms with Gasteiger partial charge in [-0.05, 0) is 0 Å². The Balaban J connectivity index is 0. The molecule has 0 nitrogen and oxygen atoms in total. The number of rotatable bonds is 0. The summed E-state index contributed by atoms with van der Waals surface area (Å²) in [5.74, 6) is 0. The van der Waals surface area contributed by atoms with Crippen molar-refractivity contribution < 1.29 is 54.6 Å². The first kappa shape index (κ1) is 65.7. The third-order valence-electron chi connectivity index (χ3n) is 0. The minimum Gasteiger partial charge on any atom is -1.00 e. The van der Waals surface area contributed by atoms with Crippen LogP contribution in [0.2, 0.25) is 0 Å². The van der Waals surface area contributed by atoms with Crippen LogP contribution in [0.4, 0.5) is 0 Å². The second-order valence-corrected chi connectivity index (χ2v) is 0. The summed E-state index contributed by atoms with van der Waals surface area (Å²) >= 11 is 0. The van der Waals surface area contributed by atoms with Crippen molar-refractivity contribution in [1.82, 2.24) is 0 Å². The van der Waals surface area contributed by atoms with E-state index >= 15 is 0 Å². The zero-order valence-electron chi connectivity index (χ0n) is 1.95. The van der Waals surface area contributed by atoms with Crippen LogP contribution in [0.1, 0.15) is 0 Å². The molecule has 0 aliphatic heterocycles. The quantitative estimate of drug-likeness (QED) is 0.367. The zero-order valence-corrected chi connectivity index (χ0v) is 7.21. The van der Waals surface area contributed by atoms with E-state index in [0.717, 1.165) is 0 Å². The maximum absolute atomic E-state index is 0. The minimum absolute atomic E-state index is 0. The molecule has 3 radical (unpaired) electrons. The van der Waals surface area contributed by atoms with E-state index in [9.17, 15) is 0 Å². The van der Waals surface area contributed by atoms with E-state index in [1.54, 1.807) is 0 Å². The summed E-state index contributed by atoms with van der Waals surface area (Å²) in [5, 5.41) is 0. The first-order valence-corrected chi connectivity index (χ1v) is 0. The number of hydrogen-bond donors (Lipinski definition) is 0. The van der Waals surface area contributed by atoms with Crippen LogP contribution in [0.5, 0.6) is 0 Å². The SMILES string of the molecule is [Cl-].[Cl-].[Cl-].[Cr+3].[Se]. The van der Waals surface area contributed by atoms with Crippen molar-refractivity contribution in [2.24, 2.45) is 0 Å². The molecule has 0 aliphatic carbocycles. The first-order valence-electron chi connectivity index (χ1n) is 0. The molecule has 0 saturated carbocycles. The predicted octanol–water partition coefficient (Wildman–Crippen LogP) is -9.37. The van der Waals surface area contributed by atoms with Crippen LogP contribution in [-0.4, -0.2) is 17.1 Å². The van der Waals surface area contributed by atoms with E-state index in [2.05, 4.69) is 0 Å². The first-order chi connectivity index (χ1) is 0. The fourth-order valence-electron chi connectivity index (χ4n) is 0. The summed E-state index contributed by atoms with van der Waals surface area (Å²) < 4.78 is 0. The van der Waals surface area contributed by atoms with E-state index in [0.29, 0.717) is 0 Å². The van der Waals surface area contributed by atoms with Gasteiger partial charge in [-0.2, -0.15) is 0 Å². The summed E-state index contributed by atoms with van der Waals surface area (Å²) in [6.07, 6.45) is 0. The van der Waals surface area contributed by atoms with Gasteiger partial charge in [0.25, 0.3) is 0 Å². The molecule has 0 aliphatic rings. The Labute approximate surface area is 71.3 Å². The monoisotopic (exact) mass is 237 g/mol. The molecule has 0 rings (SSSR count). The standard InChI is InChI=1S/3ClH.Cr.Se/h3*1H;;/q;;;+3;/p-3. The Bertz CT molecular complexity index is 6.85. The van der Waals surface area contributed by atoms with E-state index in [1.807, 2.05) is 0 Å². The van der Waals surface area contributed by atoms with E-state index in [1.165, 1.54) is 0 Å². The average molecular weight is 237 g/mol. The van der Waals surface area contributed by atoms with Crippen molar-refractivity contribution in [3.8, 4) is 0 Å². The predicted molar refractivity (Wildman–Crippen MR) is 5.75 cm³/mol. The number of hydrogen-bond acceptors (Lipinski definition) is 0. The molecular formula is Cl3CrSe. The van der Waals surface area contributed by atoms with Crippen LogP contribution in [-0.2, 0) is 17.4 Å². The van der Waals surface area contributed by atoms with Gasteiger partial charge in [-0.3, -0.25) is 0 Å². The van der Waals surface area contributed by atoms with Crippen molar-refractivity contribution in [3.05, 3.63) is 0 Å². The zero-order chi connectivity index (χ0) is 0. The fraction of sp³-hybridized carbons (Fsp3) is 0. The van der Waals surface area contributed by atoms with E-state index in [4.69, 9.17) is 0 Å². The Kier molecular flexibility index (Phi) is 510. The summed E-state index contributed by atoms with van der Waals surface area (Å²) in [6, 6.07) is 0. The van der Waals surface area contributed by atoms with Gasteiger partial charge in [-0.25, -0.2) is 0 Å². The van der Waals surface area contributed by atoms with Crippen molar-refractivity contribution in [2.45, 2.75) is 0 Å². The molecular weight excluding hydrogens is 237 g/mol. The molecule has 0 saturated heterocycles. The van der Waals surface area contributed by atoms with Gasteiger partial charge in [0.05, 0.1) is 0 Å². The van der Waals surface area contributed by atoms with Gasteiger partial charge in [-0.15, -0.1) is 0 Å². The van der Waals surface area contributed by atoms with Crippen molar-refractivity contribution in [3.63, 3.8) is 0 Å².